The molecule has 0 radical (unpaired) electrons. The molecule has 1 aliphatic rings. The summed E-state index contributed by atoms with van der Waals surface area (Å²) in [5, 5.41) is 13.5. The van der Waals surface area contributed by atoms with Gasteiger partial charge in [0.25, 0.3) is 5.88 Å². The second-order valence-electron chi connectivity index (χ2n) is 8.02. The molecule has 0 saturated carbocycles. The van der Waals surface area contributed by atoms with Crippen LogP contribution in [-0.2, 0) is 10.2 Å². The monoisotopic (exact) mass is 368 g/mol. The minimum absolute atomic E-state index is 0.0143. The lowest BCUT2D eigenvalue weighted by molar-refractivity contribution is 0.185. The van der Waals surface area contributed by atoms with Crippen LogP contribution in [0.25, 0.3) is 0 Å². The first-order chi connectivity index (χ1) is 11.7. The van der Waals surface area contributed by atoms with Crippen LogP contribution in [0.2, 0.25) is 0 Å². The van der Waals surface area contributed by atoms with Gasteiger partial charge in [-0.2, -0.15) is 10.5 Å². The summed E-state index contributed by atoms with van der Waals surface area (Å²) in [6, 6.07) is 1.81. The number of hydrogen-bond donors (Lipinski definition) is 1. The Morgan fingerprint density at radius 1 is 1.44 bits per heavy atom. The summed E-state index contributed by atoms with van der Waals surface area (Å²) >= 11 is 0. The van der Waals surface area contributed by atoms with E-state index in [2.05, 4.69) is 29.9 Å². The number of rotatable bonds is 8. The maximum atomic E-state index is 9.46. The van der Waals surface area contributed by atoms with Gasteiger partial charge in [0.1, 0.15) is 0 Å². The third-order valence-corrected chi connectivity index (χ3v) is 7.72. The second-order valence-corrected chi connectivity index (χ2v) is 10.4. The molecular weight excluding hydrogens is 336 g/mol. The van der Waals surface area contributed by atoms with E-state index in [1.54, 1.807) is 0 Å². The maximum Gasteiger partial charge on any atom is 0.250 e. The van der Waals surface area contributed by atoms with E-state index in [1.165, 1.54) is 12.8 Å². The first-order valence-electron chi connectivity index (χ1n) is 8.89. The minimum atomic E-state index is -0.430. The molecule has 1 aromatic heterocycles. The molecule has 1 saturated heterocycles. The zero-order valence-electron chi connectivity index (χ0n) is 16.2. The van der Waals surface area contributed by atoms with Crippen molar-refractivity contribution >= 4 is 28.0 Å². The third-order valence-electron chi connectivity index (χ3n) is 5.25. The van der Waals surface area contributed by atoms with Crippen molar-refractivity contribution < 1.29 is 14.4 Å². The van der Waals surface area contributed by atoms with Gasteiger partial charge < -0.3 is 14.4 Å². The van der Waals surface area contributed by atoms with Crippen LogP contribution in [0.3, 0.4) is 0 Å². The number of aliphatic hydroxyl groups is 1. The van der Waals surface area contributed by atoms with Crippen molar-refractivity contribution in [3.05, 3.63) is 11.8 Å². The Kier molecular flexibility index (Phi) is 6.62. The summed E-state index contributed by atoms with van der Waals surface area (Å²) in [4.78, 5) is 4.65. The van der Waals surface area contributed by atoms with Crippen molar-refractivity contribution in [1.82, 2.24) is 5.16 Å². The van der Waals surface area contributed by atoms with Gasteiger partial charge in [0.15, 0.2) is 0 Å². The molecule has 6 heteroatoms. The molecule has 25 heavy (non-hydrogen) atoms. The summed E-state index contributed by atoms with van der Waals surface area (Å²) in [5.41, 5.74) is 1.29. The molecule has 1 aliphatic heterocycles. The second kappa shape index (κ2) is 8.14. The van der Waals surface area contributed by atoms with E-state index in [-0.39, 0.29) is 21.8 Å². The summed E-state index contributed by atoms with van der Waals surface area (Å²) in [5.74, 6) is 6.68. The molecule has 2 heterocycles. The Hall–Kier alpha value is -0.980. The molecule has 142 valence electrons. The van der Waals surface area contributed by atoms with Gasteiger partial charge in [0.2, 0.25) is 0 Å². The smallest absolute Gasteiger partial charge is 0.250 e. The third kappa shape index (κ3) is 5.02. The van der Waals surface area contributed by atoms with Crippen molar-refractivity contribution in [3.8, 4) is 0 Å². The van der Waals surface area contributed by atoms with E-state index >= 15 is 0 Å². The molecule has 5 nitrogen and oxygen atoms in total. The molecule has 0 spiro atoms. The van der Waals surface area contributed by atoms with E-state index in [0.717, 1.165) is 24.7 Å². The molecule has 2 unspecified atom stereocenters. The van der Waals surface area contributed by atoms with Gasteiger partial charge in [0, 0.05) is 35.2 Å². The predicted octanol–water partition coefficient (Wildman–Crippen LogP) is 3.94. The fourth-order valence-corrected chi connectivity index (χ4v) is 4.19. The zero-order valence-corrected chi connectivity index (χ0v) is 17.0. The van der Waals surface area contributed by atoms with Crippen LogP contribution in [0, 0.1) is 5.92 Å². The van der Waals surface area contributed by atoms with Gasteiger partial charge >= 0.3 is 0 Å². The minimum Gasteiger partial charge on any atom is -0.395 e. The first kappa shape index (κ1) is 20.3. The topological polar surface area (TPSA) is 67.8 Å². The quantitative estimate of drug-likeness (QED) is 0.557. The van der Waals surface area contributed by atoms with Gasteiger partial charge in [-0.1, -0.05) is 24.9 Å². The van der Waals surface area contributed by atoms with Gasteiger partial charge in [-0.3, -0.25) is 0 Å². The SMILES string of the molecule is C=S(CCC1CCOC1)C(C)(C)C(C)=Nc1cc(C(C)(C)CO)no1. The number of nitrogens with zero attached hydrogens (tertiary/aromatic N) is 2. The number of aliphatic hydroxyl groups excluding tert-OH is 1. The Labute approximate surface area is 153 Å². The highest BCUT2D eigenvalue weighted by Gasteiger charge is 2.27. The fourth-order valence-electron chi connectivity index (χ4n) is 2.60. The number of hydrogen-bond acceptors (Lipinski definition) is 5. The van der Waals surface area contributed by atoms with E-state index < -0.39 is 5.41 Å². The van der Waals surface area contributed by atoms with Crippen molar-refractivity contribution in [3.63, 3.8) is 0 Å². The predicted molar refractivity (Wildman–Crippen MR) is 107 cm³/mol. The molecule has 1 aromatic rings. The van der Waals surface area contributed by atoms with Gasteiger partial charge in [-0.25, -0.2) is 4.99 Å². The lowest BCUT2D eigenvalue weighted by Crippen LogP contribution is -2.28. The largest absolute Gasteiger partial charge is 0.395 e. The summed E-state index contributed by atoms with van der Waals surface area (Å²) in [6.07, 6.45) is 2.34. The maximum absolute atomic E-state index is 9.46. The molecule has 0 amide bonds. The molecule has 0 bridgehead atoms. The Morgan fingerprint density at radius 3 is 2.76 bits per heavy atom. The van der Waals surface area contributed by atoms with Crippen molar-refractivity contribution in [2.45, 2.75) is 57.6 Å². The van der Waals surface area contributed by atoms with E-state index in [9.17, 15) is 5.11 Å². The van der Waals surface area contributed by atoms with E-state index in [1.807, 2.05) is 26.8 Å². The highest BCUT2D eigenvalue weighted by Crippen LogP contribution is 2.35. The van der Waals surface area contributed by atoms with Crippen molar-refractivity contribution in [2.75, 3.05) is 25.6 Å². The molecule has 0 aliphatic carbocycles. The van der Waals surface area contributed by atoms with Crippen LogP contribution < -0.4 is 0 Å². The van der Waals surface area contributed by atoms with Crippen molar-refractivity contribution in [1.29, 1.82) is 0 Å². The molecule has 1 fully saturated rings. The molecule has 2 rings (SSSR count). The number of aromatic nitrogens is 1. The summed E-state index contributed by atoms with van der Waals surface area (Å²) in [6.45, 7) is 12.1. The molecule has 0 aromatic carbocycles. The summed E-state index contributed by atoms with van der Waals surface area (Å²) in [7, 11) is -0.0304. The lowest BCUT2D eigenvalue weighted by Gasteiger charge is -2.29. The lowest BCUT2D eigenvalue weighted by atomic mass is 9.91. The van der Waals surface area contributed by atoms with E-state index in [4.69, 9.17) is 9.26 Å². The number of aliphatic imine (C=N–C) groups is 1. The highest BCUT2D eigenvalue weighted by atomic mass is 32.2. The Balaban J connectivity index is 2.04. The highest BCUT2D eigenvalue weighted by molar-refractivity contribution is 8.15. The average molecular weight is 369 g/mol. The molecular formula is C19H32N2O3S. The number of ether oxygens (including phenoxy) is 1. The van der Waals surface area contributed by atoms with Crippen molar-refractivity contribution in [2.24, 2.45) is 10.9 Å². The zero-order chi connectivity index (χ0) is 18.7. The van der Waals surface area contributed by atoms with Crippen LogP contribution >= 0.6 is 10.5 Å². The van der Waals surface area contributed by atoms with Crippen LogP contribution in [0.4, 0.5) is 5.88 Å². The van der Waals surface area contributed by atoms with Gasteiger partial charge in [-0.15, -0.1) is 0 Å². The van der Waals surface area contributed by atoms with Gasteiger partial charge in [0.05, 0.1) is 12.3 Å². The van der Waals surface area contributed by atoms with Crippen LogP contribution in [-0.4, -0.2) is 52.2 Å². The Morgan fingerprint density at radius 2 is 2.16 bits per heavy atom. The normalized spacial score (nSPS) is 20.9. The van der Waals surface area contributed by atoms with E-state index in [0.29, 0.717) is 17.5 Å². The fraction of sp³-hybridized carbons (Fsp3) is 0.737. The van der Waals surface area contributed by atoms with Crippen LogP contribution in [0.15, 0.2) is 15.6 Å². The molecule has 1 N–H and O–H groups in total. The molecule has 2 atom stereocenters. The van der Waals surface area contributed by atoms with Crippen LogP contribution in [0.1, 0.15) is 53.2 Å². The van der Waals surface area contributed by atoms with Gasteiger partial charge in [-0.05, 0) is 45.3 Å². The summed E-state index contributed by atoms with van der Waals surface area (Å²) < 4.78 is 10.7. The standard InChI is InChI=1S/C19H32N2O3S/c1-14(20-17-11-16(21-24-17)18(2,3)13-22)19(4,5)25(6)10-8-15-7-9-23-12-15/h11,15,22H,6-10,12-13H2,1-5H3. The average Bonchev–Trinajstić information content (AvgIpc) is 3.24. The first-order valence-corrected chi connectivity index (χ1v) is 10.5. The Bertz CT molecular complexity index is 628. The van der Waals surface area contributed by atoms with Crippen LogP contribution in [0.5, 0.6) is 0 Å².